The third-order valence-corrected chi connectivity index (χ3v) is 4.12. The van der Waals surface area contributed by atoms with Crippen molar-refractivity contribution < 1.29 is 10.0 Å². The van der Waals surface area contributed by atoms with Gasteiger partial charge in [-0.15, -0.1) is 0 Å². The number of nitrogens with zero attached hydrogens (tertiary/aromatic N) is 1. The van der Waals surface area contributed by atoms with E-state index in [1.807, 2.05) is 22.6 Å². The minimum atomic E-state index is -0.376. The second-order valence-corrected chi connectivity index (χ2v) is 5.80. The average molecular weight is 362 g/mol. The van der Waals surface area contributed by atoms with Crippen molar-refractivity contribution in [3.63, 3.8) is 0 Å². The van der Waals surface area contributed by atoms with Gasteiger partial charge in [0, 0.05) is 18.3 Å². The summed E-state index contributed by atoms with van der Waals surface area (Å²) >= 11 is 1.97. The molecule has 0 aliphatic heterocycles. The number of benzene rings is 1. The molecule has 2 atom stereocenters. The minimum Gasteiger partial charge on any atom is -0.393 e. The Hall–Kier alpha value is -0.890. The summed E-state index contributed by atoms with van der Waals surface area (Å²) in [6, 6.07) is 5.03. The van der Waals surface area contributed by atoms with E-state index in [0.29, 0.717) is 9.49 Å². The summed E-state index contributed by atoms with van der Waals surface area (Å²) in [5.74, 6) is 0.493. The standard InChI is InChI=1S/C12H15IN2O3/c13-11-6-9(2-4-12(11)15(17)18)14-7-8-1-3-10(16)5-8/h2,4,6,8,10,14,16H,1,3,5,7H2. The van der Waals surface area contributed by atoms with Gasteiger partial charge in [-0.1, -0.05) is 0 Å². The number of rotatable bonds is 4. The SMILES string of the molecule is O=[N+]([O-])c1ccc(NCC2CCC(O)C2)cc1I. The number of aliphatic hydroxyl groups excluding tert-OH is 1. The van der Waals surface area contributed by atoms with E-state index < -0.39 is 0 Å². The lowest BCUT2D eigenvalue weighted by Crippen LogP contribution is -2.12. The molecule has 0 bridgehead atoms. The van der Waals surface area contributed by atoms with Gasteiger partial charge in [-0.05, 0) is 59.9 Å². The van der Waals surface area contributed by atoms with Crippen molar-refractivity contribution in [2.75, 3.05) is 11.9 Å². The van der Waals surface area contributed by atoms with Crippen LogP contribution in [0, 0.1) is 19.6 Å². The molecule has 1 saturated carbocycles. The molecule has 0 radical (unpaired) electrons. The number of aliphatic hydroxyl groups is 1. The summed E-state index contributed by atoms with van der Waals surface area (Å²) in [6.45, 7) is 0.810. The zero-order valence-corrected chi connectivity index (χ0v) is 12.0. The van der Waals surface area contributed by atoms with Crippen LogP contribution >= 0.6 is 22.6 Å². The Labute approximate surface area is 119 Å². The predicted octanol–water partition coefficient (Wildman–Crippen LogP) is 2.77. The summed E-state index contributed by atoms with van der Waals surface area (Å²) in [5.41, 5.74) is 1.03. The summed E-state index contributed by atoms with van der Waals surface area (Å²) in [4.78, 5) is 10.3. The molecule has 18 heavy (non-hydrogen) atoms. The predicted molar refractivity (Wildman–Crippen MR) is 77.7 cm³/mol. The molecule has 1 aliphatic rings. The highest BCUT2D eigenvalue weighted by Crippen LogP contribution is 2.27. The Morgan fingerprint density at radius 1 is 1.50 bits per heavy atom. The van der Waals surface area contributed by atoms with Gasteiger partial charge < -0.3 is 10.4 Å². The Morgan fingerprint density at radius 3 is 2.83 bits per heavy atom. The first kappa shape index (κ1) is 13.5. The van der Waals surface area contributed by atoms with Gasteiger partial charge in [0.25, 0.3) is 5.69 Å². The van der Waals surface area contributed by atoms with Crippen molar-refractivity contribution in [2.24, 2.45) is 5.92 Å². The first-order valence-corrected chi connectivity index (χ1v) is 7.00. The summed E-state index contributed by atoms with van der Waals surface area (Å²) in [7, 11) is 0. The smallest absolute Gasteiger partial charge is 0.282 e. The van der Waals surface area contributed by atoms with Crippen molar-refractivity contribution in [1.82, 2.24) is 0 Å². The van der Waals surface area contributed by atoms with E-state index in [-0.39, 0.29) is 16.7 Å². The van der Waals surface area contributed by atoms with Crippen LogP contribution in [0.3, 0.4) is 0 Å². The molecule has 2 rings (SSSR count). The van der Waals surface area contributed by atoms with Gasteiger partial charge in [0.15, 0.2) is 0 Å². The first-order chi connectivity index (χ1) is 8.56. The maximum atomic E-state index is 10.7. The van der Waals surface area contributed by atoms with Crippen LogP contribution in [-0.4, -0.2) is 22.7 Å². The topological polar surface area (TPSA) is 75.4 Å². The van der Waals surface area contributed by atoms with Crippen molar-refractivity contribution in [3.8, 4) is 0 Å². The molecule has 2 N–H and O–H groups in total. The molecular weight excluding hydrogens is 347 g/mol. The Morgan fingerprint density at radius 2 is 2.28 bits per heavy atom. The van der Waals surface area contributed by atoms with E-state index in [2.05, 4.69) is 5.32 Å². The summed E-state index contributed by atoms with van der Waals surface area (Å²) in [6.07, 6.45) is 2.60. The second kappa shape index (κ2) is 5.83. The van der Waals surface area contributed by atoms with E-state index in [4.69, 9.17) is 0 Å². The molecule has 0 spiro atoms. The van der Waals surface area contributed by atoms with Gasteiger partial charge in [0.05, 0.1) is 14.6 Å². The molecule has 6 heteroatoms. The fourth-order valence-electron chi connectivity index (χ4n) is 2.26. The van der Waals surface area contributed by atoms with Gasteiger partial charge >= 0.3 is 0 Å². The molecule has 2 unspecified atom stereocenters. The number of nitro groups is 1. The Bertz CT molecular complexity index is 453. The number of halogens is 1. The third kappa shape index (κ3) is 3.32. The molecule has 0 aromatic heterocycles. The number of anilines is 1. The van der Waals surface area contributed by atoms with Crippen LogP contribution in [-0.2, 0) is 0 Å². The van der Waals surface area contributed by atoms with Crippen molar-refractivity contribution in [3.05, 3.63) is 31.9 Å². The quantitative estimate of drug-likeness (QED) is 0.491. The van der Waals surface area contributed by atoms with Crippen LogP contribution in [0.25, 0.3) is 0 Å². The Balaban J connectivity index is 1.94. The van der Waals surface area contributed by atoms with E-state index in [9.17, 15) is 15.2 Å². The molecule has 0 amide bonds. The van der Waals surface area contributed by atoms with E-state index in [1.54, 1.807) is 12.1 Å². The van der Waals surface area contributed by atoms with Crippen LogP contribution in [0.15, 0.2) is 18.2 Å². The second-order valence-electron chi connectivity index (χ2n) is 4.64. The summed E-state index contributed by atoms with van der Waals surface area (Å²) in [5, 5.41) is 23.4. The first-order valence-electron chi connectivity index (χ1n) is 5.92. The number of nitro benzene ring substituents is 1. The summed E-state index contributed by atoms with van der Waals surface area (Å²) < 4.78 is 0.633. The normalized spacial score (nSPS) is 23.0. The van der Waals surface area contributed by atoms with Crippen molar-refractivity contribution >= 4 is 34.0 Å². The Kier molecular flexibility index (Phi) is 4.39. The highest BCUT2D eigenvalue weighted by Gasteiger charge is 2.22. The fraction of sp³-hybridized carbons (Fsp3) is 0.500. The maximum Gasteiger partial charge on any atom is 0.282 e. The van der Waals surface area contributed by atoms with Gasteiger partial charge in [-0.25, -0.2) is 0 Å². The van der Waals surface area contributed by atoms with E-state index in [1.165, 1.54) is 6.07 Å². The third-order valence-electron chi connectivity index (χ3n) is 3.25. The van der Waals surface area contributed by atoms with Crippen LogP contribution in [0.5, 0.6) is 0 Å². The molecule has 0 heterocycles. The zero-order valence-electron chi connectivity index (χ0n) is 9.80. The van der Waals surface area contributed by atoms with Crippen LogP contribution in [0.4, 0.5) is 11.4 Å². The van der Waals surface area contributed by atoms with Crippen LogP contribution in [0.2, 0.25) is 0 Å². The largest absolute Gasteiger partial charge is 0.393 e. The van der Waals surface area contributed by atoms with Crippen LogP contribution < -0.4 is 5.32 Å². The molecular formula is C12H15IN2O3. The monoisotopic (exact) mass is 362 g/mol. The number of hydrogen-bond acceptors (Lipinski definition) is 4. The lowest BCUT2D eigenvalue weighted by atomic mass is 10.1. The zero-order chi connectivity index (χ0) is 13.1. The highest BCUT2D eigenvalue weighted by atomic mass is 127. The average Bonchev–Trinajstić information content (AvgIpc) is 2.72. The molecule has 1 aromatic carbocycles. The van der Waals surface area contributed by atoms with E-state index in [0.717, 1.165) is 31.5 Å². The minimum absolute atomic E-state index is 0.137. The maximum absolute atomic E-state index is 10.7. The van der Waals surface area contributed by atoms with Crippen molar-refractivity contribution in [2.45, 2.75) is 25.4 Å². The molecule has 98 valence electrons. The highest BCUT2D eigenvalue weighted by molar-refractivity contribution is 14.1. The molecule has 1 fully saturated rings. The van der Waals surface area contributed by atoms with Gasteiger partial charge in [-0.3, -0.25) is 10.1 Å². The van der Waals surface area contributed by atoms with Gasteiger partial charge in [-0.2, -0.15) is 0 Å². The van der Waals surface area contributed by atoms with Gasteiger partial charge in [0.1, 0.15) is 0 Å². The van der Waals surface area contributed by atoms with Crippen molar-refractivity contribution in [1.29, 1.82) is 0 Å². The molecule has 0 saturated heterocycles. The van der Waals surface area contributed by atoms with Gasteiger partial charge in [0.2, 0.25) is 0 Å². The number of nitrogens with one attached hydrogen (secondary N) is 1. The molecule has 1 aliphatic carbocycles. The lowest BCUT2D eigenvalue weighted by molar-refractivity contribution is -0.385. The lowest BCUT2D eigenvalue weighted by Gasteiger charge is -2.12. The molecule has 5 nitrogen and oxygen atoms in total. The van der Waals surface area contributed by atoms with Crippen LogP contribution in [0.1, 0.15) is 19.3 Å². The molecule has 1 aromatic rings. The van der Waals surface area contributed by atoms with E-state index >= 15 is 0 Å². The fourth-order valence-corrected chi connectivity index (χ4v) is 2.97. The number of hydrogen-bond donors (Lipinski definition) is 2.